The van der Waals surface area contributed by atoms with Gasteiger partial charge in [-0.3, -0.25) is 9.59 Å². The molecule has 0 aliphatic heterocycles. The maximum Gasteiger partial charge on any atom is 0.243 e. The molecule has 0 unspecified atom stereocenters. The number of aryl methyl sites for hydroxylation is 1. The van der Waals surface area contributed by atoms with Crippen LogP contribution in [0.15, 0.2) is 24.3 Å². The lowest BCUT2D eigenvalue weighted by atomic mass is 9.81. The third-order valence-electron chi connectivity index (χ3n) is 4.23. The molecule has 0 spiro atoms. The van der Waals surface area contributed by atoms with Crippen LogP contribution in [-0.2, 0) is 9.59 Å². The number of carbonyl (C=O) groups excluding carboxylic acids is 2. The van der Waals surface area contributed by atoms with Crippen molar-refractivity contribution in [2.24, 2.45) is 5.73 Å². The number of halogens is 1. The number of nitrogens with zero attached hydrogens (tertiary/aromatic N) is 1. The van der Waals surface area contributed by atoms with Crippen molar-refractivity contribution in [3.63, 3.8) is 0 Å². The molecule has 0 atom stereocenters. The van der Waals surface area contributed by atoms with E-state index in [1.807, 2.05) is 31.2 Å². The minimum atomic E-state index is -0.795. The Kier molecular flexibility index (Phi) is 7.03. The number of benzene rings is 1. The number of carbonyl (C=O) groups is 2. The van der Waals surface area contributed by atoms with Gasteiger partial charge in [-0.25, -0.2) is 0 Å². The van der Waals surface area contributed by atoms with Gasteiger partial charge in [0.2, 0.25) is 11.8 Å². The number of nitrogens with one attached hydrogen (secondary N) is 1. The lowest BCUT2D eigenvalue weighted by molar-refractivity contribution is -0.139. The summed E-state index contributed by atoms with van der Waals surface area (Å²) in [6.07, 6.45) is 4.49. The average molecular weight is 340 g/mol. The minimum absolute atomic E-state index is 0. The van der Waals surface area contributed by atoms with E-state index in [1.165, 1.54) is 4.90 Å². The highest BCUT2D eigenvalue weighted by molar-refractivity contribution is 5.96. The fraction of sp³-hybridized carbons (Fsp3) is 0.529. The molecule has 3 N–H and O–H groups in total. The lowest BCUT2D eigenvalue weighted by Crippen LogP contribution is -2.56. The molecule has 1 aromatic carbocycles. The number of likely N-dealkylation sites (N-methyl/N-ethyl adjacent to an activating group) is 1. The number of anilines is 1. The molecule has 1 fully saturated rings. The Bertz CT molecular complexity index is 539. The normalized spacial score (nSPS) is 16.1. The molecule has 0 aromatic heterocycles. The van der Waals surface area contributed by atoms with Crippen LogP contribution in [0, 0.1) is 6.92 Å². The molecule has 128 valence electrons. The largest absolute Gasteiger partial charge is 0.335 e. The Hall–Kier alpha value is -1.59. The van der Waals surface area contributed by atoms with Crippen LogP contribution in [0.5, 0.6) is 0 Å². The van der Waals surface area contributed by atoms with Gasteiger partial charge in [-0.15, -0.1) is 12.4 Å². The summed E-state index contributed by atoms with van der Waals surface area (Å²) in [7, 11) is 1.64. The molecule has 0 radical (unpaired) electrons. The van der Waals surface area contributed by atoms with E-state index in [1.54, 1.807) is 7.05 Å². The first kappa shape index (κ1) is 19.5. The van der Waals surface area contributed by atoms with E-state index in [4.69, 9.17) is 5.73 Å². The summed E-state index contributed by atoms with van der Waals surface area (Å²) in [4.78, 5) is 26.0. The fourth-order valence-corrected chi connectivity index (χ4v) is 2.90. The molecule has 0 heterocycles. The van der Waals surface area contributed by atoms with Crippen molar-refractivity contribution >= 4 is 29.9 Å². The molecular formula is C17H26ClN3O2. The van der Waals surface area contributed by atoms with Gasteiger partial charge in [-0.2, -0.15) is 0 Å². The monoisotopic (exact) mass is 339 g/mol. The average Bonchev–Trinajstić information content (AvgIpc) is 2.49. The number of amides is 2. The number of hydrogen-bond donors (Lipinski definition) is 2. The van der Waals surface area contributed by atoms with Gasteiger partial charge < -0.3 is 16.0 Å². The summed E-state index contributed by atoms with van der Waals surface area (Å²) in [5.41, 5.74) is 7.30. The zero-order chi connectivity index (χ0) is 16.2. The Morgan fingerprint density at radius 3 is 2.30 bits per heavy atom. The van der Waals surface area contributed by atoms with E-state index >= 15 is 0 Å². The smallest absolute Gasteiger partial charge is 0.243 e. The summed E-state index contributed by atoms with van der Waals surface area (Å²) in [5, 5.41) is 2.80. The van der Waals surface area contributed by atoms with E-state index in [2.05, 4.69) is 5.32 Å². The van der Waals surface area contributed by atoms with Crippen molar-refractivity contribution in [3.8, 4) is 0 Å². The SMILES string of the molecule is Cc1ccc(NC(=O)CN(C)C(=O)C2(N)CCCCC2)cc1.Cl. The van der Waals surface area contributed by atoms with Crippen LogP contribution in [-0.4, -0.2) is 35.8 Å². The fourth-order valence-electron chi connectivity index (χ4n) is 2.90. The van der Waals surface area contributed by atoms with Crippen LogP contribution in [0.1, 0.15) is 37.7 Å². The van der Waals surface area contributed by atoms with E-state index < -0.39 is 5.54 Å². The van der Waals surface area contributed by atoms with Crippen molar-refractivity contribution < 1.29 is 9.59 Å². The lowest BCUT2D eigenvalue weighted by Gasteiger charge is -2.35. The number of hydrogen-bond acceptors (Lipinski definition) is 3. The van der Waals surface area contributed by atoms with Crippen LogP contribution >= 0.6 is 12.4 Å². The maximum atomic E-state index is 12.5. The molecule has 2 rings (SSSR count). The van der Waals surface area contributed by atoms with Gasteiger partial charge in [0.1, 0.15) is 0 Å². The third-order valence-corrected chi connectivity index (χ3v) is 4.23. The predicted octanol–water partition coefficient (Wildman–Crippen LogP) is 2.48. The van der Waals surface area contributed by atoms with Crippen LogP contribution in [0.3, 0.4) is 0 Å². The minimum Gasteiger partial charge on any atom is -0.335 e. The van der Waals surface area contributed by atoms with Gasteiger partial charge in [0.05, 0.1) is 12.1 Å². The first-order valence-corrected chi connectivity index (χ1v) is 7.82. The predicted molar refractivity (Wildman–Crippen MR) is 94.7 cm³/mol. The van der Waals surface area contributed by atoms with Crippen molar-refractivity contribution in [2.75, 3.05) is 18.9 Å². The first-order valence-electron chi connectivity index (χ1n) is 7.82. The molecular weight excluding hydrogens is 314 g/mol. The van der Waals surface area contributed by atoms with E-state index in [-0.39, 0.29) is 30.8 Å². The Balaban J connectivity index is 0.00000264. The molecule has 0 saturated heterocycles. The highest BCUT2D eigenvalue weighted by Gasteiger charge is 2.37. The van der Waals surface area contributed by atoms with E-state index in [0.717, 1.165) is 30.5 Å². The zero-order valence-electron chi connectivity index (χ0n) is 13.8. The van der Waals surface area contributed by atoms with Crippen molar-refractivity contribution in [1.29, 1.82) is 0 Å². The summed E-state index contributed by atoms with van der Waals surface area (Å²) in [6, 6.07) is 7.56. The van der Waals surface area contributed by atoms with E-state index in [9.17, 15) is 9.59 Å². The van der Waals surface area contributed by atoms with Gasteiger partial charge >= 0.3 is 0 Å². The van der Waals surface area contributed by atoms with Crippen LogP contribution in [0.25, 0.3) is 0 Å². The Morgan fingerprint density at radius 1 is 1.17 bits per heavy atom. The second-order valence-electron chi connectivity index (χ2n) is 6.29. The summed E-state index contributed by atoms with van der Waals surface area (Å²) in [5.74, 6) is -0.342. The summed E-state index contributed by atoms with van der Waals surface area (Å²) >= 11 is 0. The van der Waals surface area contributed by atoms with Crippen LogP contribution in [0.4, 0.5) is 5.69 Å². The quantitative estimate of drug-likeness (QED) is 0.884. The van der Waals surface area contributed by atoms with Gasteiger partial charge in [-0.05, 0) is 31.9 Å². The zero-order valence-corrected chi connectivity index (χ0v) is 14.6. The first-order chi connectivity index (χ1) is 10.4. The standard InChI is InChI=1S/C17H25N3O2.ClH/c1-13-6-8-14(9-7-13)19-15(21)12-20(2)16(22)17(18)10-4-3-5-11-17;/h6-9H,3-5,10-12,18H2,1-2H3,(H,19,21);1H. The molecule has 1 aromatic rings. The molecule has 2 amide bonds. The maximum absolute atomic E-state index is 12.5. The second kappa shape index (κ2) is 8.31. The second-order valence-corrected chi connectivity index (χ2v) is 6.29. The molecule has 23 heavy (non-hydrogen) atoms. The van der Waals surface area contributed by atoms with Gasteiger partial charge in [0.15, 0.2) is 0 Å². The van der Waals surface area contributed by atoms with Crippen LogP contribution < -0.4 is 11.1 Å². The van der Waals surface area contributed by atoms with Gasteiger partial charge in [0, 0.05) is 12.7 Å². The third kappa shape index (κ3) is 5.22. The topological polar surface area (TPSA) is 75.4 Å². The van der Waals surface area contributed by atoms with E-state index in [0.29, 0.717) is 12.8 Å². The number of rotatable bonds is 4. The number of nitrogens with two attached hydrogens (primary N) is 1. The van der Waals surface area contributed by atoms with Crippen molar-refractivity contribution in [2.45, 2.75) is 44.6 Å². The van der Waals surface area contributed by atoms with Crippen LogP contribution in [0.2, 0.25) is 0 Å². The van der Waals surface area contributed by atoms with Crippen molar-refractivity contribution in [1.82, 2.24) is 4.90 Å². The van der Waals surface area contributed by atoms with Crippen molar-refractivity contribution in [3.05, 3.63) is 29.8 Å². The molecule has 6 heteroatoms. The molecule has 5 nitrogen and oxygen atoms in total. The highest BCUT2D eigenvalue weighted by atomic mass is 35.5. The molecule has 1 saturated carbocycles. The molecule has 1 aliphatic rings. The molecule has 0 bridgehead atoms. The summed E-state index contributed by atoms with van der Waals surface area (Å²) in [6.45, 7) is 2.01. The molecule has 1 aliphatic carbocycles. The Labute approximate surface area is 144 Å². The Morgan fingerprint density at radius 2 is 1.74 bits per heavy atom. The summed E-state index contributed by atoms with van der Waals surface area (Å²) < 4.78 is 0. The van der Waals surface area contributed by atoms with Gasteiger partial charge in [-0.1, -0.05) is 37.0 Å². The van der Waals surface area contributed by atoms with Gasteiger partial charge in [0.25, 0.3) is 0 Å². The highest BCUT2D eigenvalue weighted by Crippen LogP contribution is 2.27.